The van der Waals surface area contributed by atoms with Crippen LogP contribution in [0.5, 0.6) is 0 Å². The molecule has 0 radical (unpaired) electrons. The second-order valence-corrected chi connectivity index (χ2v) is 12.2. The van der Waals surface area contributed by atoms with Crippen molar-refractivity contribution in [1.82, 2.24) is 0 Å². The summed E-state index contributed by atoms with van der Waals surface area (Å²) in [5, 5.41) is 17.0. The molecule has 0 amide bonds. The second kappa shape index (κ2) is 37.9. The molecule has 0 atom stereocenters. The molecule has 240 valence electrons. The first-order valence-electron chi connectivity index (χ1n) is 18.0. The van der Waals surface area contributed by atoms with Crippen molar-refractivity contribution in [3.05, 3.63) is 0 Å². The Hall–Kier alpha value is -1.06. The van der Waals surface area contributed by atoms with Crippen molar-refractivity contribution < 1.29 is 19.8 Å². The topological polar surface area (TPSA) is 74.6 Å². The van der Waals surface area contributed by atoms with Crippen molar-refractivity contribution >= 4 is 11.9 Å². The normalized spacial score (nSPS) is 10.8. The molecule has 0 saturated carbocycles. The average molecular weight is 569 g/mol. The summed E-state index contributed by atoms with van der Waals surface area (Å²) in [4.78, 5) is 20.7. The molecule has 0 fully saturated rings. The van der Waals surface area contributed by atoms with Crippen LogP contribution in [0.15, 0.2) is 0 Å². The summed E-state index contributed by atoms with van der Waals surface area (Å²) in [6.45, 7) is 4.54. The van der Waals surface area contributed by atoms with Gasteiger partial charge in [0.2, 0.25) is 0 Å². The van der Waals surface area contributed by atoms with Gasteiger partial charge >= 0.3 is 11.9 Å². The molecule has 2 N–H and O–H groups in total. The third kappa shape index (κ3) is 44.0. The molecule has 0 spiro atoms. The molecular weight excluding hydrogens is 496 g/mol. The smallest absolute Gasteiger partial charge is 0.303 e. The average Bonchev–Trinajstić information content (AvgIpc) is 2.93. The molecule has 0 aromatic rings. The van der Waals surface area contributed by atoms with E-state index in [-0.39, 0.29) is 0 Å². The van der Waals surface area contributed by atoms with E-state index in [1.165, 1.54) is 167 Å². The second-order valence-electron chi connectivity index (χ2n) is 12.2. The van der Waals surface area contributed by atoms with Crippen LogP contribution in [-0.2, 0) is 9.59 Å². The zero-order valence-electron chi connectivity index (χ0n) is 27.3. The predicted molar refractivity (Wildman–Crippen MR) is 174 cm³/mol. The minimum Gasteiger partial charge on any atom is -0.481 e. The molecule has 0 saturated heterocycles. The van der Waals surface area contributed by atoms with Gasteiger partial charge in [-0.2, -0.15) is 0 Å². The van der Waals surface area contributed by atoms with E-state index < -0.39 is 11.9 Å². The fourth-order valence-corrected chi connectivity index (χ4v) is 5.30. The van der Waals surface area contributed by atoms with Gasteiger partial charge in [-0.05, 0) is 12.8 Å². The van der Waals surface area contributed by atoms with Crippen LogP contribution in [0.3, 0.4) is 0 Å². The van der Waals surface area contributed by atoms with Crippen LogP contribution in [0, 0.1) is 0 Å². The maximum Gasteiger partial charge on any atom is 0.303 e. The van der Waals surface area contributed by atoms with Gasteiger partial charge in [0, 0.05) is 12.8 Å². The summed E-state index contributed by atoms with van der Waals surface area (Å²) in [7, 11) is 0. The maximum atomic E-state index is 10.4. The molecule has 0 aromatic carbocycles. The first kappa shape index (κ1) is 41.1. The number of hydrogen-bond donors (Lipinski definition) is 2. The fraction of sp³-hybridized carbons (Fsp3) is 0.944. The Morgan fingerprint density at radius 1 is 0.300 bits per heavy atom. The molecule has 0 aliphatic heterocycles. The largest absolute Gasteiger partial charge is 0.481 e. The Balaban J connectivity index is 0. The highest BCUT2D eigenvalue weighted by atomic mass is 16.4. The van der Waals surface area contributed by atoms with Gasteiger partial charge in [-0.3, -0.25) is 9.59 Å². The Labute approximate surface area is 250 Å². The van der Waals surface area contributed by atoms with Gasteiger partial charge in [0.05, 0.1) is 0 Å². The van der Waals surface area contributed by atoms with Crippen LogP contribution in [0.4, 0.5) is 0 Å². The van der Waals surface area contributed by atoms with Gasteiger partial charge in [0.1, 0.15) is 0 Å². The van der Waals surface area contributed by atoms with Gasteiger partial charge in [0.25, 0.3) is 0 Å². The minimum atomic E-state index is -0.655. The summed E-state index contributed by atoms with van der Waals surface area (Å²) < 4.78 is 0. The number of rotatable bonds is 32. The highest BCUT2D eigenvalue weighted by Gasteiger charge is 1.98. The Morgan fingerprint density at radius 3 is 0.600 bits per heavy atom. The van der Waals surface area contributed by atoms with Crippen LogP contribution in [0.1, 0.15) is 219 Å². The molecule has 0 bridgehead atoms. The standard InChI is InChI=1S/C20H40O2.C16H32O2/c1-2-3-4-5-6-7-8-9-10-11-12-13-14-15-16-17-18-19-20(21)22;1-2-3-4-5-6-7-8-9-10-11-12-13-14-15-16(17)18/h2-19H2,1H3,(H,21,22);2-15H2,1H3,(H,17,18). The molecule has 4 nitrogen and oxygen atoms in total. The molecule has 0 rings (SSSR count). The zero-order valence-corrected chi connectivity index (χ0v) is 27.3. The number of carbonyl (C=O) groups is 2. The summed E-state index contributed by atoms with van der Waals surface area (Å²) >= 11 is 0. The van der Waals surface area contributed by atoms with Crippen LogP contribution in [0.25, 0.3) is 0 Å². The van der Waals surface area contributed by atoms with Crippen molar-refractivity contribution in [2.24, 2.45) is 0 Å². The Morgan fingerprint density at radius 2 is 0.450 bits per heavy atom. The third-order valence-electron chi connectivity index (χ3n) is 7.99. The number of carboxylic acid groups (broad SMARTS) is 2. The van der Waals surface area contributed by atoms with E-state index in [0.29, 0.717) is 12.8 Å². The first-order chi connectivity index (χ1) is 19.5. The molecule has 0 aliphatic carbocycles. The lowest BCUT2D eigenvalue weighted by Crippen LogP contribution is -1.93. The van der Waals surface area contributed by atoms with Gasteiger partial charge in [-0.1, -0.05) is 194 Å². The Bertz CT molecular complexity index is 491. The van der Waals surface area contributed by atoms with Crippen molar-refractivity contribution in [1.29, 1.82) is 0 Å². The molecule has 0 aliphatic rings. The van der Waals surface area contributed by atoms with Crippen molar-refractivity contribution in [3.63, 3.8) is 0 Å². The van der Waals surface area contributed by atoms with Gasteiger partial charge in [0.15, 0.2) is 0 Å². The van der Waals surface area contributed by atoms with Crippen LogP contribution < -0.4 is 0 Å². The Kier molecular flexibility index (Phi) is 39.0. The number of carboxylic acids is 2. The van der Waals surface area contributed by atoms with E-state index in [4.69, 9.17) is 10.2 Å². The van der Waals surface area contributed by atoms with Crippen molar-refractivity contribution in [3.8, 4) is 0 Å². The van der Waals surface area contributed by atoms with Crippen molar-refractivity contribution in [2.75, 3.05) is 0 Å². The van der Waals surface area contributed by atoms with Gasteiger partial charge in [-0.25, -0.2) is 0 Å². The molecular formula is C36H72O4. The van der Waals surface area contributed by atoms with Crippen LogP contribution in [0.2, 0.25) is 0 Å². The molecule has 0 unspecified atom stereocenters. The monoisotopic (exact) mass is 569 g/mol. The summed E-state index contributed by atoms with van der Waals surface area (Å²) in [6, 6.07) is 0. The SMILES string of the molecule is CCCCCCCCCCCCCCCC(=O)O.CCCCCCCCCCCCCCCCCCCC(=O)O. The quantitative estimate of drug-likeness (QED) is 0.0791. The molecule has 0 aromatic heterocycles. The zero-order chi connectivity index (χ0) is 29.8. The van der Waals surface area contributed by atoms with E-state index in [9.17, 15) is 9.59 Å². The summed E-state index contributed by atoms with van der Waals surface area (Å²) in [5.41, 5.74) is 0. The summed E-state index contributed by atoms with van der Waals surface area (Å²) in [5.74, 6) is -1.31. The first-order valence-corrected chi connectivity index (χ1v) is 18.0. The lowest BCUT2D eigenvalue weighted by molar-refractivity contribution is -0.138. The molecule has 0 heterocycles. The lowest BCUT2D eigenvalue weighted by atomic mass is 10.0. The predicted octanol–water partition coefficient (Wildman–Crippen LogP) is 12.7. The highest BCUT2D eigenvalue weighted by molar-refractivity contribution is 5.66. The lowest BCUT2D eigenvalue weighted by Gasteiger charge is -2.03. The van der Waals surface area contributed by atoms with Gasteiger partial charge in [-0.15, -0.1) is 0 Å². The fourth-order valence-electron chi connectivity index (χ4n) is 5.30. The van der Waals surface area contributed by atoms with Crippen LogP contribution >= 0.6 is 0 Å². The van der Waals surface area contributed by atoms with Crippen molar-refractivity contribution in [2.45, 2.75) is 219 Å². The molecule has 4 heteroatoms. The third-order valence-corrected chi connectivity index (χ3v) is 7.99. The highest BCUT2D eigenvalue weighted by Crippen LogP contribution is 2.15. The van der Waals surface area contributed by atoms with E-state index in [2.05, 4.69) is 13.8 Å². The summed E-state index contributed by atoms with van der Waals surface area (Å²) in [6.07, 6.45) is 40.4. The number of aliphatic carboxylic acids is 2. The van der Waals surface area contributed by atoms with E-state index in [1.807, 2.05) is 0 Å². The van der Waals surface area contributed by atoms with Crippen LogP contribution in [-0.4, -0.2) is 22.2 Å². The minimum absolute atomic E-state index is 0.345. The van der Waals surface area contributed by atoms with E-state index in [0.717, 1.165) is 25.7 Å². The van der Waals surface area contributed by atoms with Gasteiger partial charge < -0.3 is 10.2 Å². The maximum absolute atomic E-state index is 10.4. The number of unbranched alkanes of at least 4 members (excludes halogenated alkanes) is 28. The molecule has 40 heavy (non-hydrogen) atoms. The number of hydrogen-bond acceptors (Lipinski definition) is 2. The van der Waals surface area contributed by atoms with E-state index in [1.54, 1.807) is 0 Å². The van der Waals surface area contributed by atoms with E-state index >= 15 is 0 Å².